The molecule has 0 unspecified atom stereocenters. The lowest BCUT2D eigenvalue weighted by atomic mass is 10.2. The van der Waals surface area contributed by atoms with E-state index in [1.165, 1.54) is 25.1 Å². The molecule has 9 heteroatoms. The number of carbonyl (C=O) groups is 1. The molecule has 2 aromatic carbocycles. The average Bonchev–Trinajstić information content (AvgIpc) is 2.46. The molecule has 0 aromatic heterocycles. The molecule has 2 N–H and O–H groups in total. The van der Waals surface area contributed by atoms with Gasteiger partial charge in [0.05, 0.1) is 0 Å². The molecule has 0 heterocycles. The predicted octanol–water partition coefficient (Wildman–Crippen LogP) is 3.17. The fraction of sp³-hybridized carbons (Fsp3) is 0.133. The summed E-state index contributed by atoms with van der Waals surface area (Å²) >= 11 is 0. The van der Waals surface area contributed by atoms with E-state index in [9.17, 15) is 26.4 Å². The van der Waals surface area contributed by atoms with Crippen LogP contribution in [0.15, 0.2) is 35.2 Å². The van der Waals surface area contributed by atoms with Crippen molar-refractivity contribution in [3.8, 4) is 0 Å². The smallest absolute Gasteiger partial charge is 0.264 e. The zero-order chi connectivity index (χ0) is 18.1. The van der Waals surface area contributed by atoms with Gasteiger partial charge in [0, 0.05) is 18.3 Å². The molecule has 2 aromatic rings. The molecule has 24 heavy (non-hydrogen) atoms. The van der Waals surface area contributed by atoms with E-state index in [4.69, 9.17) is 0 Å². The third-order valence-corrected chi connectivity index (χ3v) is 4.48. The number of rotatable bonds is 4. The predicted molar refractivity (Wildman–Crippen MR) is 82.6 cm³/mol. The molecule has 0 spiro atoms. The third kappa shape index (κ3) is 3.67. The minimum absolute atomic E-state index is 0.0748. The number of sulfonamides is 1. The Balaban J connectivity index is 2.35. The van der Waals surface area contributed by atoms with Crippen LogP contribution in [0.4, 0.5) is 24.5 Å². The lowest BCUT2D eigenvalue weighted by Gasteiger charge is -2.12. The van der Waals surface area contributed by atoms with E-state index < -0.39 is 32.4 Å². The molecule has 2 rings (SSSR count). The van der Waals surface area contributed by atoms with E-state index in [1.54, 1.807) is 6.92 Å². The molecule has 0 aliphatic heterocycles. The van der Waals surface area contributed by atoms with Gasteiger partial charge in [0.25, 0.3) is 10.0 Å². The van der Waals surface area contributed by atoms with Gasteiger partial charge in [-0.2, -0.15) is 0 Å². The van der Waals surface area contributed by atoms with E-state index in [0.29, 0.717) is 23.4 Å². The fourth-order valence-electron chi connectivity index (χ4n) is 1.98. The van der Waals surface area contributed by atoms with Gasteiger partial charge in [-0.3, -0.25) is 9.52 Å². The van der Waals surface area contributed by atoms with Crippen molar-refractivity contribution in [3.63, 3.8) is 0 Å². The second-order valence-corrected chi connectivity index (χ2v) is 6.64. The molecule has 128 valence electrons. The minimum atomic E-state index is -4.45. The van der Waals surface area contributed by atoms with Crippen molar-refractivity contribution in [2.45, 2.75) is 18.7 Å². The highest BCUT2D eigenvalue weighted by Gasteiger charge is 2.24. The van der Waals surface area contributed by atoms with Gasteiger partial charge in [0.15, 0.2) is 17.5 Å². The Labute approximate surface area is 136 Å². The quantitative estimate of drug-likeness (QED) is 0.825. The molecule has 0 fully saturated rings. The summed E-state index contributed by atoms with van der Waals surface area (Å²) in [5, 5.41) is 2.55. The number of anilines is 2. The molecule has 0 atom stereocenters. The third-order valence-electron chi connectivity index (χ3n) is 3.08. The number of hydrogen-bond donors (Lipinski definition) is 2. The Morgan fingerprint density at radius 3 is 2.29 bits per heavy atom. The van der Waals surface area contributed by atoms with Crippen molar-refractivity contribution in [3.05, 3.63) is 53.3 Å². The molecule has 0 aliphatic rings. The van der Waals surface area contributed by atoms with E-state index in [2.05, 4.69) is 10.0 Å². The van der Waals surface area contributed by atoms with Crippen LogP contribution in [-0.4, -0.2) is 14.3 Å². The summed E-state index contributed by atoms with van der Waals surface area (Å²) in [6.45, 7) is 2.95. The van der Waals surface area contributed by atoms with Gasteiger partial charge in [-0.25, -0.2) is 21.6 Å². The van der Waals surface area contributed by atoms with Crippen LogP contribution in [0.2, 0.25) is 0 Å². The molecule has 0 saturated carbocycles. The first-order chi connectivity index (χ1) is 11.1. The van der Waals surface area contributed by atoms with Crippen molar-refractivity contribution in [2.75, 3.05) is 10.0 Å². The van der Waals surface area contributed by atoms with E-state index in [-0.39, 0.29) is 11.6 Å². The molecule has 0 bridgehead atoms. The zero-order valence-corrected chi connectivity index (χ0v) is 13.5. The maximum absolute atomic E-state index is 13.7. The topological polar surface area (TPSA) is 75.3 Å². The molecule has 0 aliphatic carbocycles. The molecular formula is C15H13F3N2O3S. The zero-order valence-electron chi connectivity index (χ0n) is 12.7. The first-order valence-electron chi connectivity index (χ1n) is 6.66. The summed E-state index contributed by atoms with van der Waals surface area (Å²) in [6, 6.07) is 5.36. The maximum Gasteiger partial charge on any atom is 0.264 e. The Bertz CT molecular complexity index is 914. The number of hydrogen-bond acceptors (Lipinski definition) is 3. The van der Waals surface area contributed by atoms with Crippen LogP contribution in [0.25, 0.3) is 0 Å². The molecule has 1 amide bonds. The standard InChI is InChI=1S/C15H13F3N2O3S/c1-8-7-10(3-5-12(8)19-9(2)21)20-24(22,23)13-6-4-11(16)14(17)15(13)18/h3-7,20H,1-2H3,(H,19,21). The number of aryl methyl sites for hydroxylation is 1. The second-order valence-electron chi connectivity index (χ2n) is 4.99. The van der Waals surface area contributed by atoms with Crippen LogP contribution in [-0.2, 0) is 14.8 Å². The number of amides is 1. The second kappa shape index (κ2) is 6.52. The minimum Gasteiger partial charge on any atom is -0.326 e. The van der Waals surface area contributed by atoms with Gasteiger partial charge in [-0.15, -0.1) is 0 Å². The molecule has 0 radical (unpaired) electrons. The summed E-state index contributed by atoms with van der Waals surface area (Å²) in [7, 11) is -4.45. The monoisotopic (exact) mass is 358 g/mol. The van der Waals surface area contributed by atoms with E-state index >= 15 is 0 Å². The summed E-state index contributed by atoms with van der Waals surface area (Å²) in [4.78, 5) is 10.0. The van der Waals surface area contributed by atoms with Crippen LogP contribution in [0, 0.1) is 24.4 Å². The number of nitrogens with one attached hydrogen (secondary N) is 2. The van der Waals surface area contributed by atoms with Crippen LogP contribution in [0.5, 0.6) is 0 Å². The van der Waals surface area contributed by atoms with Gasteiger partial charge in [0.2, 0.25) is 5.91 Å². The normalized spacial score (nSPS) is 11.2. The fourth-order valence-corrected chi connectivity index (χ4v) is 3.10. The van der Waals surface area contributed by atoms with Crippen molar-refractivity contribution in [2.24, 2.45) is 0 Å². The van der Waals surface area contributed by atoms with Gasteiger partial charge in [-0.1, -0.05) is 0 Å². The van der Waals surface area contributed by atoms with Crippen molar-refractivity contribution in [1.29, 1.82) is 0 Å². The first-order valence-corrected chi connectivity index (χ1v) is 8.14. The highest BCUT2D eigenvalue weighted by molar-refractivity contribution is 7.92. The van der Waals surface area contributed by atoms with E-state index in [0.717, 1.165) is 0 Å². The van der Waals surface area contributed by atoms with Gasteiger partial charge in [0.1, 0.15) is 4.90 Å². The highest BCUT2D eigenvalue weighted by Crippen LogP contribution is 2.25. The van der Waals surface area contributed by atoms with Crippen molar-refractivity contribution in [1.82, 2.24) is 0 Å². The van der Waals surface area contributed by atoms with Crippen LogP contribution < -0.4 is 10.0 Å². The lowest BCUT2D eigenvalue weighted by molar-refractivity contribution is -0.114. The van der Waals surface area contributed by atoms with Crippen LogP contribution in [0.1, 0.15) is 12.5 Å². The van der Waals surface area contributed by atoms with Gasteiger partial charge < -0.3 is 5.32 Å². The molecule has 5 nitrogen and oxygen atoms in total. The number of halogens is 3. The Kier molecular flexibility index (Phi) is 4.83. The lowest BCUT2D eigenvalue weighted by Crippen LogP contribution is -2.16. The summed E-state index contributed by atoms with van der Waals surface area (Å²) in [5.41, 5.74) is 1.10. The van der Waals surface area contributed by atoms with Crippen molar-refractivity contribution < 1.29 is 26.4 Å². The Hall–Kier alpha value is -2.55. The average molecular weight is 358 g/mol. The van der Waals surface area contributed by atoms with Gasteiger partial charge in [-0.05, 0) is 42.8 Å². The summed E-state index contributed by atoms with van der Waals surface area (Å²) in [6.07, 6.45) is 0. The number of benzene rings is 2. The van der Waals surface area contributed by atoms with Gasteiger partial charge >= 0.3 is 0 Å². The van der Waals surface area contributed by atoms with E-state index in [1.807, 2.05) is 0 Å². The van der Waals surface area contributed by atoms with Crippen molar-refractivity contribution >= 4 is 27.3 Å². The number of carbonyl (C=O) groups excluding carboxylic acids is 1. The highest BCUT2D eigenvalue weighted by atomic mass is 32.2. The first kappa shape index (κ1) is 17.8. The summed E-state index contributed by atoms with van der Waals surface area (Å²) in [5.74, 6) is -5.44. The SMILES string of the molecule is CC(=O)Nc1ccc(NS(=O)(=O)c2ccc(F)c(F)c2F)cc1C. The largest absolute Gasteiger partial charge is 0.326 e. The molecule has 0 saturated heterocycles. The Morgan fingerprint density at radius 1 is 1.04 bits per heavy atom. The van der Waals surface area contributed by atoms with Crippen LogP contribution >= 0.6 is 0 Å². The maximum atomic E-state index is 13.7. The summed E-state index contributed by atoms with van der Waals surface area (Å²) < 4.78 is 66.2. The molecular weight excluding hydrogens is 345 g/mol. The Morgan fingerprint density at radius 2 is 1.71 bits per heavy atom. The van der Waals surface area contributed by atoms with Crippen LogP contribution in [0.3, 0.4) is 0 Å².